The van der Waals surface area contributed by atoms with Crippen molar-refractivity contribution < 1.29 is 9.84 Å². The second kappa shape index (κ2) is 7.32. The topological polar surface area (TPSA) is 72.2 Å². The van der Waals surface area contributed by atoms with E-state index in [1.54, 1.807) is 11.8 Å². The summed E-state index contributed by atoms with van der Waals surface area (Å²) < 4.78 is 6.72. The summed E-state index contributed by atoms with van der Waals surface area (Å²) in [6.07, 6.45) is 2.85. The summed E-state index contributed by atoms with van der Waals surface area (Å²) in [6.45, 7) is 4.05. The van der Waals surface area contributed by atoms with Crippen LogP contribution >= 0.6 is 0 Å². The van der Waals surface area contributed by atoms with E-state index in [1.165, 1.54) is 0 Å². The molecule has 0 saturated carbocycles. The van der Waals surface area contributed by atoms with Crippen molar-refractivity contribution in [1.82, 2.24) is 20.3 Å². The number of hydrogen-bond donors (Lipinski definition) is 2. The lowest BCUT2D eigenvalue weighted by Gasteiger charge is -2.14. The summed E-state index contributed by atoms with van der Waals surface area (Å²) in [5.74, 6) is 0. The monoisotopic (exact) mass is 228 g/mol. The maximum absolute atomic E-state index is 8.73. The van der Waals surface area contributed by atoms with Crippen molar-refractivity contribution in [2.45, 2.75) is 32.5 Å². The maximum Gasteiger partial charge on any atom is 0.0964 e. The number of nitrogens with one attached hydrogen (secondary N) is 1. The lowest BCUT2D eigenvalue weighted by molar-refractivity contribution is 0.163. The van der Waals surface area contributed by atoms with Crippen LogP contribution in [-0.4, -0.2) is 46.5 Å². The lowest BCUT2D eigenvalue weighted by Crippen LogP contribution is -2.32. The molecule has 1 atom stereocenters. The van der Waals surface area contributed by atoms with Gasteiger partial charge in [-0.05, 0) is 6.42 Å². The maximum atomic E-state index is 8.73. The fourth-order valence-electron chi connectivity index (χ4n) is 1.40. The quantitative estimate of drug-likeness (QED) is 0.644. The van der Waals surface area contributed by atoms with E-state index >= 15 is 0 Å². The van der Waals surface area contributed by atoms with Gasteiger partial charge >= 0.3 is 0 Å². The normalized spacial score (nSPS) is 12.9. The zero-order valence-corrected chi connectivity index (χ0v) is 9.89. The van der Waals surface area contributed by atoms with Crippen LogP contribution in [0.2, 0.25) is 0 Å². The Morgan fingerprint density at radius 3 is 3.06 bits per heavy atom. The molecule has 6 nitrogen and oxygen atoms in total. The van der Waals surface area contributed by atoms with Crippen molar-refractivity contribution in [3.05, 3.63) is 11.9 Å². The number of ether oxygens (including phenoxy) is 1. The van der Waals surface area contributed by atoms with Crippen LogP contribution in [-0.2, 0) is 17.8 Å². The number of aliphatic hydroxyl groups is 1. The number of hydrogen-bond acceptors (Lipinski definition) is 5. The smallest absolute Gasteiger partial charge is 0.0964 e. The molecule has 0 aliphatic rings. The molecule has 1 aromatic rings. The minimum absolute atomic E-state index is 0.0808. The van der Waals surface area contributed by atoms with E-state index in [2.05, 4.69) is 22.6 Å². The van der Waals surface area contributed by atoms with Gasteiger partial charge in [-0.15, -0.1) is 5.10 Å². The Balaban J connectivity index is 2.34. The van der Waals surface area contributed by atoms with Gasteiger partial charge in [0.25, 0.3) is 0 Å². The molecule has 6 heteroatoms. The Morgan fingerprint density at radius 1 is 1.62 bits per heavy atom. The molecule has 1 heterocycles. The van der Waals surface area contributed by atoms with Gasteiger partial charge in [-0.25, -0.2) is 4.68 Å². The first-order chi connectivity index (χ1) is 7.80. The van der Waals surface area contributed by atoms with Gasteiger partial charge in [-0.2, -0.15) is 0 Å². The molecule has 0 amide bonds. The Hall–Kier alpha value is -0.980. The van der Waals surface area contributed by atoms with Crippen LogP contribution in [0.15, 0.2) is 6.20 Å². The highest BCUT2D eigenvalue weighted by Crippen LogP contribution is 1.96. The van der Waals surface area contributed by atoms with E-state index in [0.717, 1.165) is 12.1 Å². The first kappa shape index (κ1) is 13.1. The second-order valence-electron chi connectivity index (χ2n) is 3.64. The van der Waals surface area contributed by atoms with Crippen molar-refractivity contribution >= 4 is 0 Å². The third kappa shape index (κ3) is 4.26. The second-order valence-corrected chi connectivity index (χ2v) is 3.64. The van der Waals surface area contributed by atoms with E-state index in [4.69, 9.17) is 9.84 Å². The third-order valence-corrected chi connectivity index (χ3v) is 2.35. The first-order valence-corrected chi connectivity index (χ1v) is 5.52. The molecule has 0 aromatic carbocycles. The zero-order valence-electron chi connectivity index (χ0n) is 9.89. The molecule has 0 aliphatic carbocycles. The molecule has 0 bridgehead atoms. The number of aromatic nitrogens is 3. The Bertz CT molecular complexity index is 290. The van der Waals surface area contributed by atoms with Gasteiger partial charge in [0.2, 0.25) is 0 Å². The van der Waals surface area contributed by atoms with Gasteiger partial charge in [-0.3, -0.25) is 0 Å². The average Bonchev–Trinajstić information content (AvgIpc) is 2.72. The number of rotatable bonds is 8. The summed E-state index contributed by atoms with van der Waals surface area (Å²) >= 11 is 0. The van der Waals surface area contributed by atoms with E-state index in [0.29, 0.717) is 25.7 Å². The van der Waals surface area contributed by atoms with Crippen LogP contribution in [0.3, 0.4) is 0 Å². The average molecular weight is 228 g/mol. The number of methoxy groups -OCH3 is 1. The molecule has 0 radical (unpaired) electrons. The van der Waals surface area contributed by atoms with E-state index in [1.807, 2.05) is 6.20 Å². The number of nitrogens with zero attached hydrogens (tertiary/aromatic N) is 3. The van der Waals surface area contributed by atoms with E-state index in [9.17, 15) is 0 Å². The summed E-state index contributed by atoms with van der Waals surface area (Å²) in [7, 11) is 1.70. The lowest BCUT2D eigenvalue weighted by atomic mass is 10.2. The highest BCUT2D eigenvalue weighted by molar-refractivity contribution is 4.92. The van der Waals surface area contributed by atoms with Crippen LogP contribution in [0.1, 0.15) is 19.0 Å². The van der Waals surface area contributed by atoms with Gasteiger partial charge in [0.05, 0.1) is 25.5 Å². The Kier molecular flexibility index (Phi) is 5.99. The predicted octanol–water partition coefficient (Wildman–Crippen LogP) is -0.215. The van der Waals surface area contributed by atoms with Gasteiger partial charge < -0.3 is 15.2 Å². The van der Waals surface area contributed by atoms with Crippen LogP contribution in [0.4, 0.5) is 0 Å². The summed E-state index contributed by atoms with van der Waals surface area (Å²) in [4.78, 5) is 0. The van der Waals surface area contributed by atoms with Crippen molar-refractivity contribution in [2.24, 2.45) is 0 Å². The summed E-state index contributed by atoms with van der Waals surface area (Å²) in [5, 5.41) is 20.0. The molecule has 0 spiro atoms. The van der Waals surface area contributed by atoms with Gasteiger partial charge in [0.15, 0.2) is 0 Å². The molecule has 0 saturated heterocycles. The predicted molar refractivity (Wildman–Crippen MR) is 59.9 cm³/mol. The fourth-order valence-corrected chi connectivity index (χ4v) is 1.40. The SMILES string of the molecule is CCC(COC)NCc1cn(CCO)nn1. The Morgan fingerprint density at radius 2 is 2.44 bits per heavy atom. The van der Waals surface area contributed by atoms with Crippen LogP contribution in [0.25, 0.3) is 0 Å². The van der Waals surface area contributed by atoms with Crippen molar-refractivity contribution in [3.63, 3.8) is 0 Å². The highest BCUT2D eigenvalue weighted by atomic mass is 16.5. The first-order valence-electron chi connectivity index (χ1n) is 5.52. The molecule has 1 unspecified atom stereocenters. The summed E-state index contributed by atoms with van der Waals surface area (Å²) in [6, 6.07) is 0.341. The molecule has 2 N–H and O–H groups in total. The molecular formula is C10H20N4O2. The van der Waals surface area contributed by atoms with E-state index < -0.39 is 0 Å². The van der Waals surface area contributed by atoms with Crippen molar-refractivity contribution in [2.75, 3.05) is 20.3 Å². The molecule has 1 aromatic heterocycles. The van der Waals surface area contributed by atoms with Crippen LogP contribution in [0, 0.1) is 0 Å². The van der Waals surface area contributed by atoms with Crippen molar-refractivity contribution in [1.29, 1.82) is 0 Å². The van der Waals surface area contributed by atoms with Crippen LogP contribution < -0.4 is 5.32 Å². The van der Waals surface area contributed by atoms with Gasteiger partial charge in [-0.1, -0.05) is 12.1 Å². The molecule has 0 aliphatic heterocycles. The standard InChI is InChI=1S/C10H20N4O2/c1-3-9(8-16-2)11-6-10-7-14(4-5-15)13-12-10/h7,9,11,15H,3-6,8H2,1-2H3. The van der Waals surface area contributed by atoms with Crippen molar-refractivity contribution in [3.8, 4) is 0 Å². The molecular weight excluding hydrogens is 208 g/mol. The minimum atomic E-state index is 0.0808. The minimum Gasteiger partial charge on any atom is -0.394 e. The van der Waals surface area contributed by atoms with Gasteiger partial charge in [0, 0.05) is 25.9 Å². The van der Waals surface area contributed by atoms with Gasteiger partial charge in [0.1, 0.15) is 0 Å². The Labute approximate surface area is 95.6 Å². The number of aliphatic hydroxyl groups excluding tert-OH is 1. The molecule has 1 rings (SSSR count). The third-order valence-electron chi connectivity index (χ3n) is 2.35. The largest absolute Gasteiger partial charge is 0.394 e. The molecule has 16 heavy (non-hydrogen) atoms. The van der Waals surface area contributed by atoms with E-state index in [-0.39, 0.29) is 6.61 Å². The fraction of sp³-hybridized carbons (Fsp3) is 0.800. The molecule has 0 fully saturated rings. The van der Waals surface area contributed by atoms with Crippen LogP contribution in [0.5, 0.6) is 0 Å². The molecule has 92 valence electrons. The summed E-state index contributed by atoms with van der Waals surface area (Å²) in [5.41, 5.74) is 0.878. The zero-order chi connectivity index (χ0) is 11.8. The highest BCUT2D eigenvalue weighted by Gasteiger charge is 2.06.